The molecule has 1 aliphatic rings. The van der Waals surface area contributed by atoms with Crippen molar-refractivity contribution in [3.8, 4) is 0 Å². The largest absolute Gasteiger partial charge is 0.0864 e. The fourth-order valence-corrected chi connectivity index (χ4v) is 2.86. The van der Waals surface area contributed by atoms with Crippen molar-refractivity contribution in [3.05, 3.63) is 0 Å². The molecule has 1 fully saturated rings. The summed E-state index contributed by atoms with van der Waals surface area (Å²) in [6, 6.07) is 0. The second-order valence-corrected chi connectivity index (χ2v) is 4.69. The lowest BCUT2D eigenvalue weighted by Crippen LogP contribution is -2.13. The highest BCUT2D eigenvalue weighted by Gasteiger charge is 2.17. The number of hydrogen-bond donors (Lipinski definition) is 0. The van der Waals surface area contributed by atoms with Crippen LogP contribution in [-0.4, -0.2) is 4.43 Å². The quantitative estimate of drug-likeness (QED) is 0.520. The smallest absolute Gasteiger partial charge is 0.000209 e. The highest BCUT2D eigenvalue weighted by Crippen LogP contribution is 2.30. The molecule has 0 aromatic heterocycles. The molecule has 0 aromatic rings. The lowest BCUT2D eigenvalue weighted by Gasteiger charge is -2.25. The molecule has 0 spiro atoms. The maximum atomic E-state index is 2.50. The maximum Gasteiger partial charge on any atom is -0.000209 e. The van der Waals surface area contributed by atoms with Gasteiger partial charge in [-0.15, -0.1) is 0 Å². The summed E-state index contributed by atoms with van der Waals surface area (Å²) in [4.78, 5) is 0. The van der Waals surface area contributed by atoms with Gasteiger partial charge >= 0.3 is 0 Å². The Balaban J connectivity index is 2.18. The average molecular weight is 252 g/mol. The van der Waals surface area contributed by atoms with Crippen LogP contribution < -0.4 is 0 Å². The van der Waals surface area contributed by atoms with Crippen molar-refractivity contribution in [1.29, 1.82) is 0 Å². The van der Waals surface area contributed by atoms with Crippen molar-refractivity contribution >= 4 is 22.6 Å². The summed E-state index contributed by atoms with van der Waals surface area (Å²) >= 11 is 2.50. The fourth-order valence-electron chi connectivity index (χ4n) is 1.98. The molecule has 1 unspecified atom stereocenters. The first kappa shape index (κ1) is 8.82. The Hall–Kier alpha value is 0.730. The van der Waals surface area contributed by atoms with E-state index < -0.39 is 0 Å². The molecule has 0 saturated heterocycles. The van der Waals surface area contributed by atoms with Gasteiger partial charge in [0.1, 0.15) is 0 Å². The van der Waals surface area contributed by atoms with Crippen molar-refractivity contribution < 1.29 is 0 Å². The monoisotopic (exact) mass is 252 g/mol. The molecule has 0 amide bonds. The fraction of sp³-hybridized carbons (Fsp3) is 1.00. The van der Waals surface area contributed by atoms with Crippen molar-refractivity contribution in [2.24, 2.45) is 11.8 Å². The summed E-state index contributed by atoms with van der Waals surface area (Å²) in [5, 5.41) is 0. The molecule has 1 aliphatic carbocycles. The summed E-state index contributed by atoms with van der Waals surface area (Å²) in [6.45, 7) is 2.40. The Kier molecular flexibility index (Phi) is 4.04. The zero-order valence-electron chi connectivity index (χ0n) is 6.78. The van der Waals surface area contributed by atoms with Gasteiger partial charge in [0.05, 0.1) is 0 Å². The Morgan fingerprint density at radius 3 is 2.80 bits per heavy atom. The second-order valence-electron chi connectivity index (χ2n) is 3.62. The van der Waals surface area contributed by atoms with Crippen LogP contribution in [0.2, 0.25) is 0 Å². The molecule has 0 heterocycles. The lowest BCUT2D eigenvalue weighted by atomic mass is 9.81. The molecule has 0 N–H and O–H groups in total. The molecule has 0 bridgehead atoms. The van der Waals surface area contributed by atoms with Gasteiger partial charge in [0, 0.05) is 0 Å². The molecule has 2 atom stereocenters. The third kappa shape index (κ3) is 2.77. The average Bonchev–Trinajstić information content (AvgIpc) is 1.88. The molecular formula is C9H17I. The van der Waals surface area contributed by atoms with E-state index in [1.807, 2.05) is 0 Å². The minimum atomic E-state index is 1.02. The minimum absolute atomic E-state index is 1.02. The van der Waals surface area contributed by atoms with E-state index >= 15 is 0 Å². The zero-order valence-corrected chi connectivity index (χ0v) is 8.93. The molecule has 0 nitrogen and oxygen atoms in total. The topological polar surface area (TPSA) is 0 Å². The van der Waals surface area contributed by atoms with Gasteiger partial charge in [0.2, 0.25) is 0 Å². The van der Waals surface area contributed by atoms with Crippen LogP contribution in [0, 0.1) is 11.8 Å². The van der Waals surface area contributed by atoms with E-state index in [0.717, 1.165) is 11.8 Å². The van der Waals surface area contributed by atoms with E-state index in [0.29, 0.717) is 0 Å². The summed E-state index contributed by atoms with van der Waals surface area (Å²) in [6.07, 6.45) is 7.45. The summed E-state index contributed by atoms with van der Waals surface area (Å²) in [5.74, 6) is 2.09. The van der Waals surface area contributed by atoms with Crippen LogP contribution in [0.3, 0.4) is 0 Å². The predicted octanol–water partition coefficient (Wildman–Crippen LogP) is 3.64. The highest BCUT2D eigenvalue weighted by molar-refractivity contribution is 14.1. The first-order valence-electron chi connectivity index (χ1n) is 4.39. The summed E-state index contributed by atoms with van der Waals surface area (Å²) in [7, 11) is 0. The Morgan fingerprint density at radius 2 is 2.20 bits per heavy atom. The molecule has 10 heavy (non-hydrogen) atoms. The number of rotatable bonds is 2. The Morgan fingerprint density at radius 1 is 1.40 bits per heavy atom. The molecule has 0 aromatic carbocycles. The van der Waals surface area contributed by atoms with Crippen LogP contribution in [0.5, 0.6) is 0 Å². The number of alkyl halides is 1. The molecule has 1 saturated carbocycles. The van der Waals surface area contributed by atoms with E-state index in [4.69, 9.17) is 0 Å². The van der Waals surface area contributed by atoms with E-state index in [1.54, 1.807) is 0 Å². The highest BCUT2D eigenvalue weighted by atomic mass is 127. The van der Waals surface area contributed by atoms with Crippen molar-refractivity contribution in [2.45, 2.75) is 39.0 Å². The van der Waals surface area contributed by atoms with Crippen LogP contribution in [-0.2, 0) is 0 Å². The number of halogens is 1. The molecule has 60 valence electrons. The van der Waals surface area contributed by atoms with Gasteiger partial charge in [-0.2, -0.15) is 0 Å². The normalized spacial score (nSPS) is 34.2. The van der Waals surface area contributed by atoms with Crippen molar-refractivity contribution in [3.63, 3.8) is 0 Å². The molecule has 0 radical (unpaired) electrons. The van der Waals surface area contributed by atoms with Gasteiger partial charge < -0.3 is 0 Å². The first-order chi connectivity index (χ1) is 4.83. The standard InChI is InChI=1S/C9H17I/c1-8-3-2-4-9(7-8)5-6-10/h8-9H,2-7H2,1H3/t8?,9-/m1/s1. The van der Waals surface area contributed by atoms with Crippen LogP contribution in [0.15, 0.2) is 0 Å². The Bertz CT molecular complexity index is 88.7. The van der Waals surface area contributed by atoms with Gasteiger partial charge in [-0.1, -0.05) is 48.8 Å². The van der Waals surface area contributed by atoms with E-state index in [-0.39, 0.29) is 0 Å². The Labute approximate surface area is 77.9 Å². The molecule has 1 heteroatoms. The third-order valence-electron chi connectivity index (χ3n) is 2.56. The summed E-state index contributed by atoms with van der Waals surface area (Å²) < 4.78 is 1.36. The maximum absolute atomic E-state index is 2.50. The zero-order chi connectivity index (χ0) is 7.40. The SMILES string of the molecule is CC1CCC[C@H](CCI)C1. The van der Waals surface area contributed by atoms with Gasteiger partial charge in [0.15, 0.2) is 0 Å². The summed E-state index contributed by atoms with van der Waals surface area (Å²) in [5.41, 5.74) is 0. The van der Waals surface area contributed by atoms with E-state index in [1.165, 1.54) is 36.5 Å². The van der Waals surface area contributed by atoms with Gasteiger partial charge in [-0.25, -0.2) is 0 Å². The lowest BCUT2D eigenvalue weighted by molar-refractivity contribution is 0.279. The minimum Gasteiger partial charge on any atom is -0.0864 e. The molecular weight excluding hydrogens is 235 g/mol. The number of hydrogen-bond acceptors (Lipinski definition) is 0. The molecule has 0 aliphatic heterocycles. The first-order valence-corrected chi connectivity index (χ1v) is 5.91. The van der Waals surface area contributed by atoms with Crippen LogP contribution in [0.25, 0.3) is 0 Å². The van der Waals surface area contributed by atoms with Crippen LogP contribution in [0.1, 0.15) is 39.0 Å². The molecule has 1 rings (SSSR count). The predicted molar refractivity (Wildman–Crippen MR) is 54.6 cm³/mol. The second kappa shape index (κ2) is 4.58. The van der Waals surface area contributed by atoms with Crippen LogP contribution >= 0.6 is 22.6 Å². The van der Waals surface area contributed by atoms with Crippen molar-refractivity contribution in [1.82, 2.24) is 0 Å². The van der Waals surface area contributed by atoms with Crippen LogP contribution in [0.4, 0.5) is 0 Å². The van der Waals surface area contributed by atoms with E-state index in [9.17, 15) is 0 Å². The third-order valence-corrected chi connectivity index (χ3v) is 3.19. The van der Waals surface area contributed by atoms with Gasteiger partial charge in [-0.3, -0.25) is 0 Å². The van der Waals surface area contributed by atoms with E-state index in [2.05, 4.69) is 29.5 Å². The van der Waals surface area contributed by atoms with Gasteiger partial charge in [0.25, 0.3) is 0 Å². The van der Waals surface area contributed by atoms with Crippen molar-refractivity contribution in [2.75, 3.05) is 4.43 Å². The van der Waals surface area contributed by atoms with Gasteiger partial charge in [-0.05, 0) is 29.1 Å².